The second-order valence-electron chi connectivity index (χ2n) is 5.98. The normalized spacial score (nSPS) is 12.2. The van der Waals surface area contributed by atoms with Crippen molar-refractivity contribution in [2.24, 2.45) is 0 Å². The Morgan fingerprint density at radius 1 is 1.05 bits per heavy atom. The molecule has 1 amide bonds. The highest BCUT2D eigenvalue weighted by molar-refractivity contribution is 5.94. The third kappa shape index (κ3) is 4.18. The molecular formula is C19H24N2O. The lowest BCUT2D eigenvalue weighted by Gasteiger charge is -2.25. The molecule has 0 aliphatic carbocycles. The van der Waals surface area contributed by atoms with Crippen molar-refractivity contribution >= 4 is 5.91 Å². The van der Waals surface area contributed by atoms with Gasteiger partial charge in [0.2, 0.25) is 0 Å². The molecular weight excluding hydrogens is 272 g/mol. The van der Waals surface area contributed by atoms with Crippen LogP contribution in [0.3, 0.4) is 0 Å². The maximum absolute atomic E-state index is 12.4. The van der Waals surface area contributed by atoms with Crippen molar-refractivity contribution in [3.63, 3.8) is 0 Å². The van der Waals surface area contributed by atoms with Crippen molar-refractivity contribution in [2.45, 2.75) is 19.9 Å². The van der Waals surface area contributed by atoms with Crippen LogP contribution in [0.25, 0.3) is 0 Å². The minimum absolute atomic E-state index is 0.0189. The smallest absolute Gasteiger partial charge is 0.251 e. The number of aryl methyl sites for hydroxylation is 2. The number of carbonyl (C=O) groups excluding carboxylic acids is 1. The van der Waals surface area contributed by atoms with Crippen molar-refractivity contribution in [3.05, 3.63) is 70.8 Å². The maximum atomic E-state index is 12.4. The van der Waals surface area contributed by atoms with E-state index in [1.54, 1.807) is 0 Å². The Morgan fingerprint density at radius 2 is 1.64 bits per heavy atom. The second kappa shape index (κ2) is 7.23. The lowest BCUT2D eigenvalue weighted by molar-refractivity contribution is 0.0941. The zero-order valence-corrected chi connectivity index (χ0v) is 13.8. The molecule has 2 aromatic carbocycles. The molecule has 0 heterocycles. The van der Waals surface area contributed by atoms with Crippen molar-refractivity contribution in [1.82, 2.24) is 10.2 Å². The first-order valence-electron chi connectivity index (χ1n) is 7.55. The first-order valence-corrected chi connectivity index (χ1v) is 7.55. The minimum Gasteiger partial charge on any atom is -0.350 e. The van der Waals surface area contributed by atoms with Crippen molar-refractivity contribution in [1.29, 1.82) is 0 Å². The molecule has 0 aliphatic heterocycles. The Morgan fingerprint density at radius 3 is 2.18 bits per heavy atom. The van der Waals surface area contributed by atoms with Crippen LogP contribution in [0.15, 0.2) is 48.5 Å². The van der Waals surface area contributed by atoms with Crippen molar-refractivity contribution in [2.75, 3.05) is 20.6 Å². The van der Waals surface area contributed by atoms with E-state index in [4.69, 9.17) is 0 Å². The molecule has 3 nitrogen and oxygen atoms in total. The molecule has 1 atom stereocenters. The van der Waals surface area contributed by atoms with Crippen LogP contribution in [-0.2, 0) is 0 Å². The van der Waals surface area contributed by atoms with Crippen molar-refractivity contribution in [3.8, 4) is 0 Å². The van der Waals surface area contributed by atoms with Gasteiger partial charge in [-0.15, -0.1) is 0 Å². The average molecular weight is 296 g/mol. The molecule has 0 fully saturated rings. The highest BCUT2D eigenvalue weighted by atomic mass is 16.1. The maximum Gasteiger partial charge on any atom is 0.251 e. The number of amides is 1. The molecule has 116 valence electrons. The summed E-state index contributed by atoms with van der Waals surface area (Å²) in [5.74, 6) is -0.0189. The number of likely N-dealkylation sites (N-methyl/N-ethyl adjacent to an activating group) is 1. The standard InChI is InChI=1S/C19H24N2O/c1-14-10-15(2)12-17(11-14)19(22)20-13-18(21(3)4)16-8-6-5-7-9-16/h5-12,18H,13H2,1-4H3,(H,20,22). The van der Waals surface area contributed by atoms with Gasteiger partial charge in [0.15, 0.2) is 0 Å². The van der Waals surface area contributed by atoms with Gasteiger partial charge in [0.05, 0.1) is 6.04 Å². The Balaban J connectivity index is 2.08. The molecule has 2 rings (SSSR count). The van der Waals surface area contributed by atoms with Crippen LogP contribution < -0.4 is 5.32 Å². The molecule has 0 bridgehead atoms. The number of nitrogens with one attached hydrogen (secondary N) is 1. The number of benzene rings is 2. The van der Waals surface area contributed by atoms with E-state index in [0.29, 0.717) is 6.54 Å². The SMILES string of the molecule is Cc1cc(C)cc(C(=O)NCC(c2ccccc2)N(C)C)c1. The van der Waals surface area contributed by atoms with Gasteiger partial charge in [-0.2, -0.15) is 0 Å². The summed E-state index contributed by atoms with van der Waals surface area (Å²) in [5.41, 5.74) is 4.14. The summed E-state index contributed by atoms with van der Waals surface area (Å²) in [6.45, 7) is 4.61. The van der Waals surface area contributed by atoms with Crippen LogP contribution in [0, 0.1) is 13.8 Å². The topological polar surface area (TPSA) is 32.3 Å². The highest BCUT2D eigenvalue weighted by Crippen LogP contribution is 2.17. The third-order valence-corrected chi connectivity index (χ3v) is 3.75. The van der Waals surface area contributed by atoms with E-state index in [-0.39, 0.29) is 11.9 Å². The van der Waals surface area contributed by atoms with Gasteiger partial charge in [0, 0.05) is 12.1 Å². The molecule has 0 spiro atoms. The Labute approximate surface area is 133 Å². The van der Waals surface area contributed by atoms with Gasteiger partial charge >= 0.3 is 0 Å². The number of rotatable bonds is 5. The van der Waals surface area contributed by atoms with E-state index in [9.17, 15) is 4.79 Å². The van der Waals surface area contributed by atoms with E-state index in [1.165, 1.54) is 5.56 Å². The fraction of sp³-hybridized carbons (Fsp3) is 0.316. The summed E-state index contributed by atoms with van der Waals surface area (Å²) in [5, 5.41) is 3.05. The third-order valence-electron chi connectivity index (χ3n) is 3.75. The van der Waals surface area contributed by atoms with Crippen LogP contribution in [0.4, 0.5) is 0 Å². The number of carbonyl (C=O) groups is 1. The predicted octanol–water partition coefficient (Wildman–Crippen LogP) is 3.34. The van der Waals surface area contributed by atoms with Crippen LogP contribution in [0.5, 0.6) is 0 Å². The number of nitrogens with zero attached hydrogens (tertiary/aromatic N) is 1. The van der Waals surface area contributed by atoms with Gasteiger partial charge in [-0.25, -0.2) is 0 Å². The largest absolute Gasteiger partial charge is 0.350 e. The van der Waals surface area contributed by atoms with E-state index in [0.717, 1.165) is 16.7 Å². The second-order valence-corrected chi connectivity index (χ2v) is 5.98. The molecule has 0 saturated heterocycles. The zero-order chi connectivity index (χ0) is 16.1. The molecule has 3 heteroatoms. The molecule has 0 saturated carbocycles. The summed E-state index contributed by atoms with van der Waals surface area (Å²) >= 11 is 0. The van der Waals surface area contributed by atoms with Gasteiger partial charge < -0.3 is 10.2 Å². The lowest BCUT2D eigenvalue weighted by Crippen LogP contribution is -2.34. The van der Waals surface area contributed by atoms with Crippen LogP contribution in [0.2, 0.25) is 0 Å². The lowest BCUT2D eigenvalue weighted by atomic mass is 10.0. The van der Waals surface area contributed by atoms with Gasteiger partial charge in [-0.3, -0.25) is 4.79 Å². The minimum atomic E-state index is -0.0189. The zero-order valence-electron chi connectivity index (χ0n) is 13.8. The highest BCUT2D eigenvalue weighted by Gasteiger charge is 2.15. The Hall–Kier alpha value is -2.13. The van der Waals surface area contributed by atoms with Gasteiger partial charge in [0.1, 0.15) is 0 Å². The summed E-state index contributed by atoms with van der Waals surface area (Å²) < 4.78 is 0. The van der Waals surface area contributed by atoms with Crippen LogP contribution >= 0.6 is 0 Å². The number of hydrogen-bond donors (Lipinski definition) is 1. The first kappa shape index (κ1) is 16.2. The number of hydrogen-bond acceptors (Lipinski definition) is 2. The van der Waals surface area contributed by atoms with E-state index >= 15 is 0 Å². The van der Waals surface area contributed by atoms with E-state index < -0.39 is 0 Å². The van der Waals surface area contributed by atoms with E-state index in [1.807, 2.05) is 58.3 Å². The molecule has 22 heavy (non-hydrogen) atoms. The molecule has 1 unspecified atom stereocenters. The monoisotopic (exact) mass is 296 g/mol. The van der Waals surface area contributed by atoms with Gasteiger partial charge in [-0.05, 0) is 45.6 Å². The van der Waals surface area contributed by atoms with Gasteiger partial charge in [-0.1, -0.05) is 47.5 Å². The summed E-state index contributed by atoms with van der Waals surface area (Å²) in [6, 6.07) is 16.3. The molecule has 0 aliphatic rings. The molecule has 2 aromatic rings. The van der Waals surface area contributed by atoms with E-state index in [2.05, 4.69) is 28.4 Å². The predicted molar refractivity (Wildman–Crippen MR) is 91.1 cm³/mol. The van der Waals surface area contributed by atoms with Crippen molar-refractivity contribution < 1.29 is 4.79 Å². The Bertz CT molecular complexity index is 615. The summed E-state index contributed by atoms with van der Waals surface area (Å²) in [7, 11) is 4.06. The van der Waals surface area contributed by atoms with Gasteiger partial charge in [0.25, 0.3) is 5.91 Å². The summed E-state index contributed by atoms with van der Waals surface area (Å²) in [6.07, 6.45) is 0. The molecule has 1 N–H and O–H groups in total. The van der Waals surface area contributed by atoms with Crippen LogP contribution in [0.1, 0.15) is 33.1 Å². The first-order chi connectivity index (χ1) is 10.5. The Kier molecular flexibility index (Phi) is 5.34. The average Bonchev–Trinajstić information content (AvgIpc) is 2.47. The molecule has 0 radical (unpaired) electrons. The quantitative estimate of drug-likeness (QED) is 0.918. The van der Waals surface area contributed by atoms with Crippen LogP contribution in [-0.4, -0.2) is 31.4 Å². The fourth-order valence-electron chi connectivity index (χ4n) is 2.67. The fourth-order valence-corrected chi connectivity index (χ4v) is 2.67. The molecule has 0 aromatic heterocycles. The summed E-state index contributed by atoms with van der Waals surface area (Å²) in [4.78, 5) is 14.5.